The van der Waals surface area contributed by atoms with Crippen LogP contribution in [0.4, 0.5) is 0 Å². The lowest BCUT2D eigenvalue weighted by Crippen LogP contribution is -2.29. The minimum Gasteiger partial charge on any atom is -0.481 e. The number of hydrogen-bond donors (Lipinski definition) is 2. The van der Waals surface area contributed by atoms with Gasteiger partial charge in [0.15, 0.2) is 5.82 Å². The number of carboxylic acids is 1. The van der Waals surface area contributed by atoms with Gasteiger partial charge in [-0.1, -0.05) is 25.1 Å². The minimum absolute atomic E-state index is 0.0573. The van der Waals surface area contributed by atoms with E-state index in [0.29, 0.717) is 16.8 Å². The highest BCUT2D eigenvalue weighted by Gasteiger charge is 2.35. The van der Waals surface area contributed by atoms with Crippen LogP contribution in [-0.4, -0.2) is 36.7 Å². The van der Waals surface area contributed by atoms with Gasteiger partial charge in [0.25, 0.3) is 0 Å². The Bertz CT molecular complexity index is 602. The largest absolute Gasteiger partial charge is 0.481 e. The summed E-state index contributed by atoms with van der Waals surface area (Å²) < 4.78 is 0.711. The molecule has 2 aromatic rings. The molecule has 2 aromatic heterocycles. The number of nitrogens with zero attached hydrogens (tertiary/aromatic N) is 4. The van der Waals surface area contributed by atoms with Crippen LogP contribution in [0.3, 0.4) is 0 Å². The second kappa shape index (κ2) is 6.75. The first-order valence-corrected chi connectivity index (χ1v) is 7.36. The van der Waals surface area contributed by atoms with Crippen molar-refractivity contribution in [3.63, 3.8) is 0 Å². The Morgan fingerprint density at radius 1 is 1.43 bits per heavy atom. The van der Waals surface area contributed by atoms with Gasteiger partial charge < -0.3 is 5.11 Å². The predicted molar refractivity (Wildman–Crippen MR) is 78.5 cm³/mol. The van der Waals surface area contributed by atoms with Gasteiger partial charge in [0.2, 0.25) is 0 Å². The molecule has 2 heterocycles. The van der Waals surface area contributed by atoms with Gasteiger partial charge in [-0.05, 0) is 34.0 Å². The third-order valence-corrected chi connectivity index (χ3v) is 3.77. The fraction of sp³-hybridized carbons (Fsp3) is 0.462. The van der Waals surface area contributed by atoms with Crippen LogP contribution >= 0.6 is 15.9 Å². The summed E-state index contributed by atoms with van der Waals surface area (Å²) >= 11 is 3.32. The van der Waals surface area contributed by atoms with Crippen LogP contribution in [0.1, 0.15) is 31.3 Å². The van der Waals surface area contributed by atoms with Gasteiger partial charge in [-0.2, -0.15) is 5.21 Å². The Balaban J connectivity index is 2.35. The first-order valence-electron chi connectivity index (χ1n) is 6.56. The molecule has 0 radical (unpaired) electrons. The quantitative estimate of drug-likeness (QED) is 0.770. The van der Waals surface area contributed by atoms with Crippen LogP contribution in [0.5, 0.6) is 0 Å². The number of hydrogen-bond acceptors (Lipinski definition) is 5. The molecule has 0 unspecified atom stereocenters. The molecule has 7 nitrogen and oxygen atoms in total. The molecule has 112 valence electrons. The van der Waals surface area contributed by atoms with E-state index in [1.165, 1.54) is 0 Å². The van der Waals surface area contributed by atoms with E-state index < -0.39 is 11.9 Å². The molecular formula is C13H16BrN5O2. The number of aromatic amines is 1. The second-order valence-corrected chi connectivity index (χ2v) is 5.95. The number of carboxylic acid groups (broad SMARTS) is 1. The van der Waals surface area contributed by atoms with Crippen molar-refractivity contribution in [1.82, 2.24) is 25.6 Å². The number of carbonyl (C=O) groups is 1. The summed E-state index contributed by atoms with van der Waals surface area (Å²) in [4.78, 5) is 16.0. The van der Waals surface area contributed by atoms with Crippen molar-refractivity contribution in [2.24, 2.45) is 11.8 Å². The van der Waals surface area contributed by atoms with Crippen molar-refractivity contribution in [1.29, 1.82) is 0 Å². The molecule has 2 atom stereocenters. The van der Waals surface area contributed by atoms with Crippen molar-refractivity contribution >= 4 is 21.9 Å². The third kappa shape index (κ3) is 3.84. The van der Waals surface area contributed by atoms with E-state index in [1.54, 1.807) is 0 Å². The molecule has 0 spiro atoms. The summed E-state index contributed by atoms with van der Waals surface area (Å²) in [5.74, 6) is -1.52. The fourth-order valence-corrected chi connectivity index (χ4v) is 2.80. The number of tetrazole rings is 1. The van der Waals surface area contributed by atoms with Crippen molar-refractivity contribution in [2.75, 3.05) is 0 Å². The van der Waals surface area contributed by atoms with E-state index in [-0.39, 0.29) is 11.8 Å². The first kappa shape index (κ1) is 15.6. The average Bonchev–Trinajstić information content (AvgIpc) is 2.90. The van der Waals surface area contributed by atoms with Crippen molar-refractivity contribution in [2.45, 2.75) is 26.2 Å². The van der Waals surface area contributed by atoms with E-state index in [2.05, 4.69) is 41.5 Å². The van der Waals surface area contributed by atoms with Crippen LogP contribution in [-0.2, 0) is 11.2 Å². The van der Waals surface area contributed by atoms with Crippen LogP contribution in [0.2, 0.25) is 0 Å². The Labute approximate surface area is 130 Å². The molecule has 8 heteroatoms. The zero-order chi connectivity index (χ0) is 15.4. The van der Waals surface area contributed by atoms with Gasteiger partial charge in [-0.25, -0.2) is 4.98 Å². The summed E-state index contributed by atoms with van der Waals surface area (Å²) in [5, 5.41) is 23.4. The minimum atomic E-state index is -0.866. The van der Waals surface area contributed by atoms with Crippen LogP contribution < -0.4 is 0 Å². The summed E-state index contributed by atoms with van der Waals surface area (Å²) in [7, 11) is 0. The Hall–Kier alpha value is -1.83. The fourth-order valence-electron chi connectivity index (χ4n) is 2.42. The number of aromatic nitrogens is 5. The number of H-pyrrole nitrogens is 1. The maximum absolute atomic E-state index is 11.6. The lowest BCUT2D eigenvalue weighted by atomic mass is 9.80. The van der Waals surface area contributed by atoms with Crippen LogP contribution in [0.25, 0.3) is 0 Å². The molecule has 0 saturated heterocycles. The number of rotatable bonds is 6. The monoisotopic (exact) mass is 353 g/mol. The van der Waals surface area contributed by atoms with E-state index in [1.807, 2.05) is 32.0 Å². The molecule has 0 amide bonds. The third-order valence-electron chi connectivity index (χ3n) is 3.33. The highest BCUT2D eigenvalue weighted by Crippen LogP contribution is 2.31. The second-order valence-electron chi connectivity index (χ2n) is 5.14. The average molecular weight is 354 g/mol. The van der Waals surface area contributed by atoms with E-state index >= 15 is 0 Å². The molecule has 0 aliphatic heterocycles. The number of pyridine rings is 1. The molecule has 21 heavy (non-hydrogen) atoms. The maximum atomic E-state index is 11.6. The predicted octanol–water partition coefficient (Wildman–Crippen LogP) is 2.04. The molecule has 2 N–H and O–H groups in total. The van der Waals surface area contributed by atoms with Gasteiger partial charge in [0, 0.05) is 18.0 Å². The normalized spacial score (nSPS) is 14.1. The summed E-state index contributed by atoms with van der Waals surface area (Å²) in [6.07, 6.45) is 0.439. The Morgan fingerprint density at radius 3 is 2.71 bits per heavy atom. The highest BCUT2D eigenvalue weighted by atomic mass is 79.9. The molecule has 2 rings (SSSR count). The lowest BCUT2D eigenvalue weighted by Gasteiger charge is -2.24. The molecule has 0 aliphatic carbocycles. The van der Waals surface area contributed by atoms with E-state index in [0.717, 1.165) is 5.69 Å². The summed E-state index contributed by atoms with van der Waals surface area (Å²) in [6.45, 7) is 3.75. The van der Waals surface area contributed by atoms with E-state index in [4.69, 9.17) is 0 Å². The summed E-state index contributed by atoms with van der Waals surface area (Å²) in [6, 6.07) is 5.55. The van der Waals surface area contributed by atoms with Crippen molar-refractivity contribution in [3.8, 4) is 0 Å². The molecule has 0 aromatic carbocycles. The van der Waals surface area contributed by atoms with Gasteiger partial charge >= 0.3 is 5.97 Å². The number of aliphatic carboxylic acids is 1. The Kier molecular flexibility index (Phi) is 5.00. The molecule has 0 aliphatic rings. The van der Waals surface area contributed by atoms with Crippen molar-refractivity contribution < 1.29 is 9.90 Å². The molecule has 0 saturated carbocycles. The molecule has 0 bridgehead atoms. The Morgan fingerprint density at radius 2 is 2.19 bits per heavy atom. The lowest BCUT2D eigenvalue weighted by molar-refractivity contribution is -0.144. The molecular weight excluding hydrogens is 338 g/mol. The zero-order valence-corrected chi connectivity index (χ0v) is 13.3. The van der Waals surface area contributed by atoms with Crippen LogP contribution in [0, 0.1) is 11.8 Å². The van der Waals surface area contributed by atoms with E-state index in [9.17, 15) is 9.90 Å². The van der Waals surface area contributed by atoms with Gasteiger partial charge in [-0.3, -0.25) is 4.79 Å². The zero-order valence-electron chi connectivity index (χ0n) is 11.7. The SMILES string of the molecule is CC(C)[C@H](C(=O)O)[C@H](Cc1cccc(Br)n1)c1nn[nH]n1. The van der Waals surface area contributed by atoms with Gasteiger partial charge in [-0.15, -0.1) is 10.2 Å². The van der Waals surface area contributed by atoms with Gasteiger partial charge in [0.1, 0.15) is 4.60 Å². The van der Waals surface area contributed by atoms with Crippen molar-refractivity contribution in [3.05, 3.63) is 34.3 Å². The summed E-state index contributed by atoms with van der Waals surface area (Å²) in [5.41, 5.74) is 0.783. The first-order chi connectivity index (χ1) is 9.99. The molecule has 0 fully saturated rings. The van der Waals surface area contributed by atoms with Crippen LogP contribution in [0.15, 0.2) is 22.8 Å². The highest BCUT2D eigenvalue weighted by molar-refractivity contribution is 9.10. The topological polar surface area (TPSA) is 105 Å². The maximum Gasteiger partial charge on any atom is 0.307 e. The van der Waals surface area contributed by atoms with Gasteiger partial charge in [0.05, 0.1) is 5.92 Å². The number of nitrogens with one attached hydrogen (secondary N) is 1. The smallest absolute Gasteiger partial charge is 0.307 e. The number of halogens is 1. The standard InChI is InChI=1S/C13H16BrN5O2/c1-7(2)11(13(20)21)9(12-16-18-19-17-12)6-8-4-3-5-10(14)15-8/h3-5,7,9,11H,6H2,1-2H3,(H,20,21)(H,16,17,18,19)/t9-,11-/m0/s1.